The van der Waals surface area contributed by atoms with Crippen LogP contribution in [0, 0.1) is 6.92 Å². The summed E-state index contributed by atoms with van der Waals surface area (Å²) in [4.78, 5) is 4.47. The topological polar surface area (TPSA) is 42.7 Å². The third-order valence-corrected chi connectivity index (χ3v) is 4.79. The minimum absolute atomic E-state index is 0.249. The Morgan fingerprint density at radius 3 is 3.05 bits per heavy atom. The molecule has 3 heterocycles. The molecule has 0 saturated carbocycles. The third-order valence-electron chi connectivity index (χ3n) is 3.91. The van der Waals surface area contributed by atoms with Gasteiger partial charge in [-0.25, -0.2) is 9.67 Å². The molecule has 21 heavy (non-hydrogen) atoms. The Balaban J connectivity index is 1.80. The molecular formula is C16H16N4S. The molecule has 0 aliphatic carbocycles. The quantitative estimate of drug-likeness (QED) is 0.783. The van der Waals surface area contributed by atoms with Gasteiger partial charge in [0, 0.05) is 29.8 Å². The molecule has 1 unspecified atom stereocenters. The first kappa shape index (κ1) is 12.6. The number of fused-ring (bicyclic) bond motifs is 1. The number of hydrogen-bond donors (Lipinski definition) is 1. The Hall–Kier alpha value is -2.14. The number of benzene rings is 1. The molecule has 1 atom stereocenters. The van der Waals surface area contributed by atoms with Gasteiger partial charge in [-0.2, -0.15) is 5.10 Å². The van der Waals surface area contributed by atoms with E-state index in [-0.39, 0.29) is 6.04 Å². The summed E-state index contributed by atoms with van der Waals surface area (Å²) in [5, 5.41) is 11.4. The highest BCUT2D eigenvalue weighted by Gasteiger charge is 2.25. The fraction of sp³-hybridized carbons (Fsp3) is 0.250. The average Bonchev–Trinajstić information content (AvgIpc) is 3.16. The number of anilines is 1. The first-order chi connectivity index (χ1) is 10.3. The highest BCUT2D eigenvalue weighted by molar-refractivity contribution is 7.09. The van der Waals surface area contributed by atoms with Crippen LogP contribution in [0.1, 0.15) is 23.0 Å². The van der Waals surface area contributed by atoms with Crippen molar-refractivity contribution in [2.45, 2.75) is 19.4 Å². The van der Waals surface area contributed by atoms with Crippen LogP contribution in [0.25, 0.3) is 11.3 Å². The molecule has 0 amide bonds. The molecule has 5 heteroatoms. The number of hydrogen-bond acceptors (Lipinski definition) is 4. The molecule has 0 bridgehead atoms. The van der Waals surface area contributed by atoms with Crippen molar-refractivity contribution >= 4 is 17.2 Å². The van der Waals surface area contributed by atoms with Gasteiger partial charge in [0.1, 0.15) is 16.9 Å². The van der Waals surface area contributed by atoms with E-state index in [9.17, 15) is 0 Å². The van der Waals surface area contributed by atoms with E-state index in [1.165, 1.54) is 11.1 Å². The van der Waals surface area contributed by atoms with Crippen LogP contribution < -0.4 is 5.32 Å². The Morgan fingerprint density at radius 2 is 2.24 bits per heavy atom. The lowest BCUT2D eigenvalue weighted by molar-refractivity contribution is 0.481. The van der Waals surface area contributed by atoms with Gasteiger partial charge in [-0.3, -0.25) is 0 Å². The van der Waals surface area contributed by atoms with Crippen LogP contribution in [-0.4, -0.2) is 21.3 Å². The van der Waals surface area contributed by atoms with Gasteiger partial charge < -0.3 is 5.32 Å². The summed E-state index contributed by atoms with van der Waals surface area (Å²) in [5.74, 6) is 1.08. The third kappa shape index (κ3) is 2.14. The number of aryl methyl sites for hydroxylation is 1. The lowest BCUT2D eigenvalue weighted by atomic mass is 10.1. The van der Waals surface area contributed by atoms with Gasteiger partial charge in [-0.1, -0.05) is 24.3 Å². The Bertz CT molecular complexity index is 760. The minimum Gasteiger partial charge on any atom is -0.370 e. The molecule has 0 saturated heterocycles. The average molecular weight is 296 g/mol. The van der Waals surface area contributed by atoms with Gasteiger partial charge >= 0.3 is 0 Å². The predicted molar refractivity (Wildman–Crippen MR) is 85.8 cm³/mol. The van der Waals surface area contributed by atoms with Crippen molar-refractivity contribution in [3.05, 3.63) is 52.5 Å². The standard InChI is InChI=1S/C16H16N4S/c1-11-4-2-3-5-12(11)13-10-15-17-7-6-14(20(15)19-13)16-18-8-9-21-16/h2-5,8-10,14,17H,6-7H2,1H3. The molecule has 4 rings (SSSR count). The summed E-state index contributed by atoms with van der Waals surface area (Å²) in [5.41, 5.74) is 3.47. The molecular weight excluding hydrogens is 280 g/mol. The zero-order valence-electron chi connectivity index (χ0n) is 11.8. The van der Waals surface area contributed by atoms with Crippen molar-refractivity contribution in [1.82, 2.24) is 14.8 Å². The first-order valence-corrected chi connectivity index (χ1v) is 8.00. The highest BCUT2D eigenvalue weighted by atomic mass is 32.1. The maximum Gasteiger partial charge on any atom is 0.125 e. The second-order valence-corrected chi connectivity index (χ2v) is 6.20. The molecule has 0 spiro atoms. The second-order valence-electron chi connectivity index (χ2n) is 5.28. The summed E-state index contributed by atoms with van der Waals surface area (Å²) in [6.45, 7) is 3.09. The largest absolute Gasteiger partial charge is 0.370 e. The van der Waals surface area contributed by atoms with Gasteiger partial charge in [-0.05, 0) is 18.9 Å². The maximum atomic E-state index is 4.84. The molecule has 0 fully saturated rings. The van der Waals surface area contributed by atoms with Crippen molar-refractivity contribution in [3.8, 4) is 11.3 Å². The van der Waals surface area contributed by atoms with Crippen LogP contribution >= 0.6 is 11.3 Å². The van der Waals surface area contributed by atoms with Gasteiger partial charge in [0.25, 0.3) is 0 Å². The van der Waals surface area contributed by atoms with Crippen molar-refractivity contribution in [2.24, 2.45) is 0 Å². The lowest BCUT2D eigenvalue weighted by Crippen LogP contribution is -2.24. The summed E-state index contributed by atoms with van der Waals surface area (Å²) in [6.07, 6.45) is 2.89. The fourth-order valence-electron chi connectivity index (χ4n) is 2.84. The van der Waals surface area contributed by atoms with Crippen LogP contribution in [0.2, 0.25) is 0 Å². The molecule has 4 nitrogen and oxygen atoms in total. The minimum atomic E-state index is 0.249. The normalized spacial score (nSPS) is 17.3. The zero-order valence-corrected chi connectivity index (χ0v) is 12.6. The first-order valence-electron chi connectivity index (χ1n) is 7.12. The van der Waals surface area contributed by atoms with E-state index in [2.05, 4.69) is 52.2 Å². The van der Waals surface area contributed by atoms with Gasteiger partial charge in [0.05, 0.1) is 5.69 Å². The molecule has 1 aromatic carbocycles. The predicted octanol–water partition coefficient (Wildman–Crippen LogP) is 3.72. The van der Waals surface area contributed by atoms with Gasteiger partial charge in [0.15, 0.2) is 0 Å². The summed E-state index contributed by atoms with van der Waals surface area (Å²) in [6, 6.07) is 10.8. The van der Waals surface area contributed by atoms with Gasteiger partial charge in [-0.15, -0.1) is 11.3 Å². The highest BCUT2D eigenvalue weighted by Crippen LogP contribution is 2.33. The lowest BCUT2D eigenvalue weighted by Gasteiger charge is -2.23. The zero-order chi connectivity index (χ0) is 14.2. The van der Waals surface area contributed by atoms with E-state index in [4.69, 9.17) is 5.10 Å². The molecule has 1 aliphatic heterocycles. The van der Waals surface area contributed by atoms with Crippen molar-refractivity contribution in [1.29, 1.82) is 0 Å². The monoisotopic (exact) mass is 296 g/mol. The van der Waals surface area contributed by atoms with E-state index in [0.717, 1.165) is 29.5 Å². The summed E-state index contributed by atoms with van der Waals surface area (Å²) < 4.78 is 2.09. The summed E-state index contributed by atoms with van der Waals surface area (Å²) in [7, 11) is 0. The number of aromatic nitrogens is 3. The molecule has 106 valence electrons. The molecule has 1 N–H and O–H groups in total. The van der Waals surface area contributed by atoms with E-state index in [1.54, 1.807) is 11.3 Å². The van der Waals surface area contributed by atoms with Crippen molar-refractivity contribution in [2.75, 3.05) is 11.9 Å². The van der Waals surface area contributed by atoms with Crippen LogP contribution in [-0.2, 0) is 0 Å². The van der Waals surface area contributed by atoms with E-state index in [0.29, 0.717) is 0 Å². The van der Waals surface area contributed by atoms with Crippen LogP contribution in [0.4, 0.5) is 5.82 Å². The molecule has 3 aromatic rings. The van der Waals surface area contributed by atoms with Crippen molar-refractivity contribution < 1.29 is 0 Å². The number of nitrogens with zero attached hydrogens (tertiary/aromatic N) is 3. The summed E-state index contributed by atoms with van der Waals surface area (Å²) >= 11 is 1.70. The second kappa shape index (κ2) is 5.00. The van der Waals surface area contributed by atoms with Gasteiger partial charge in [0.2, 0.25) is 0 Å². The fourth-order valence-corrected chi connectivity index (χ4v) is 3.60. The maximum absolute atomic E-state index is 4.84. The van der Waals surface area contributed by atoms with Crippen LogP contribution in [0.15, 0.2) is 41.9 Å². The van der Waals surface area contributed by atoms with E-state index in [1.807, 2.05) is 11.6 Å². The molecule has 2 aromatic heterocycles. The van der Waals surface area contributed by atoms with Crippen LogP contribution in [0.3, 0.4) is 0 Å². The van der Waals surface area contributed by atoms with Crippen molar-refractivity contribution in [3.63, 3.8) is 0 Å². The number of rotatable bonds is 2. The molecule has 1 aliphatic rings. The Kier molecular flexibility index (Phi) is 3.00. The van der Waals surface area contributed by atoms with Crippen LogP contribution in [0.5, 0.6) is 0 Å². The van der Waals surface area contributed by atoms with E-state index >= 15 is 0 Å². The smallest absolute Gasteiger partial charge is 0.125 e. The Morgan fingerprint density at radius 1 is 1.33 bits per heavy atom. The number of thiazole rings is 1. The molecule has 0 radical (unpaired) electrons. The Labute approximate surface area is 127 Å². The van der Waals surface area contributed by atoms with E-state index < -0.39 is 0 Å². The SMILES string of the molecule is Cc1ccccc1-c1cc2n(n1)C(c1nccs1)CCN2. The number of nitrogens with one attached hydrogen (secondary N) is 1.